The lowest BCUT2D eigenvalue weighted by Crippen LogP contribution is -1.91. The average Bonchev–Trinajstić information content (AvgIpc) is 3.51. The van der Waals surface area contributed by atoms with E-state index in [1.165, 1.54) is 21.9 Å². The van der Waals surface area contributed by atoms with Gasteiger partial charge < -0.3 is 9.97 Å². The molecular formula is C36H30Cl2N2. The summed E-state index contributed by atoms with van der Waals surface area (Å²) >= 11 is 13.9. The highest BCUT2D eigenvalue weighted by Gasteiger charge is 2.25. The highest BCUT2D eigenvalue weighted by atomic mass is 35.5. The number of aromatic amines is 2. The molecule has 0 aliphatic rings. The van der Waals surface area contributed by atoms with E-state index in [2.05, 4.69) is 98.3 Å². The molecule has 0 amide bonds. The second kappa shape index (κ2) is 9.44. The zero-order valence-corrected chi connectivity index (χ0v) is 24.5. The summed E-state index contributed by atoms with van der Waals surface area (Å²) in [5.41, 5.74) is 11.2. The van der Waals surface area contributed by atoms with E-state index in [0.29, 0.717) is 11.8 Å². The molecule has 40 heavy (non-hydrogen) atoms. The highest BCUT2D eigenvalue weighted by Crippen LogP contribution is 2.50. The fourth-order valence-corrected chi connectivity index (χ4v) is 6.61. The van der Waals surface area contributed by atoms with E-state index >= 15 is 0 Å². The zero-order valence-electron chi connectivity index (χ0n) is 23.0. The van der Waals surface area contributed by atoms with Crippen LogP contribution in [0, 0.1) is 0 Å². The SMILES string of the molecule is CC(C)c1ccc2[nH]c3c(-c4ccccc4Cl)c4c([nH]c5ccc(C(C)C)cc54)c(-c4ccccc4Cl)c3c2c1. The first kappa shape index (κ1) is 25.3. The topological polar surface area (TPSA) is 31.6 Å². The van der Waals surface area contributed by atoms with Crippen molar-refractivity contribution in [1.82, 2.24) is 9.97 Å². The molecular weight excluding hydrogens is 531 g/mol. The van der Waals surface area contributed by atoms with E-state index in [1.54, 1.807) is 0 Å². The van der Waals surface area contributed by atoms with Crippen LogP contribution in [0.15, 0.2) is 84.9 Å². The van der Waals surface area contributed by atoms with E-state index in [-0.39, 0.29) is 0 Å². The smallest absolute Gasteiger partial charge is 0.0559 e. The Morgan fingerprint density at radius 3 is 1.30 bits per heavy atom. The van der Waals surface area contributed by atoms with Gasteiger partial charge in [0.2, 0.25) is 0 Å². The number of aromatic nitrogens is 2. The summed E-state index contributed by atoms with van der Waals surface area (Å²) in [7, 11) is 0. The Morgan fingerprint density at radius 2 is 0.925 bits per heavy atom. The Hall–Kier alpha value is -3.72. The molecule has 2 aromatic heterocycles. The van der Waals surface area contributed by atoms with E-state index in [9.17, 15) is 0 Å². The van der Waals surface area contributed by atoms with Gasteiger partial charge in [0.15, 0.2) is 0 Å². The van der Waals surface area contributed by atoms with Gasteiger partial charge in [0, 0.05) is 64.9 Å². The predicted molar refractivity (Wildman–Crippen MR) is 174 cm³/mol. The van der Waals surface area contributed by atoms with Gasteiger partial charge in [-0.1, -0.05) is 99.4 Å². The maximum Gasteiger partial charge on any atom is 0.0559 e. The first-order chi connectivity index (χ1) is 19.3. The van der Waals surface area contributed by atoms with Gasteiger partial charge in [-0.25, -0.2) is 0 Å². The van der Waals surface area contributed by atoms with E-state index in [0.717, 1.165) is 65.1 Å². The minimum atomic E-state index is 0.410. The number of benzene rings is 5. The molecule has 2 heterocycles. The van der Waals surface area contributed by atoms with Gasteiger partial charge in [0.25, 0.3) is 0 Å². The number of rotatable bonds is 4. The largest absolute Gasteiger partial charge is 0.354 e. The maximum absolute atomic E-state index is 6.96. The number of hydrogen-bond donors (Lipinski definition) is 2. The van der Waals surface area contributed by atoms with Crippen LogP contribution in [0.4, 0.5) is 0 Å². The zero-order chi connectivity index (χ0) is 27.7. The van der Waals surface area contributed by atoms with Crippen molar-refractivity contribution in [3.63, 3.8) is 0 Å². The molecule has 5 aromatic carbocycles. The molecule has 0 radical (unpaired) electrons. The van der Waals surface area contributed by atoms with Crippen molar-refractivity contribution in [2.75, 3.05) is 0 Å². The predicted octanol–water partition coefficient (Wildman–Crippen LogP) is 11.8. The van der Waals surface area contributed by atoms with Crippen molar-refractivity contribution in [2.24, 2.45) is 0 Å². The molecule has 0 unspecified atom stereocenters. The molecule has 0 bridgehead atoms. The molecule has 7 aromatic rings. The first-order valence-corrected chi connectivity index (χ1v) is 14.7. The molecule has 4 heteroatoms. The summed E-state index contributed by atoms with van der Waals surface area (Å²) in [6, 6.07) is 29.9. The van der Waals surface area contributed by atoms with Crippen molar-refractivity contribution in [3.8, 4) is 22.3 Å². The fraction of sp³-hybridized carbons (Fsp3) is 0.167. The summed E-state index contributed by atoms with van der Waals surface area (Å²) in [5, 5.41) is 6.14. The van der Waals surface area contributed by atoms with Crippen LogP contribution in [0.2, 0.25) is 10.0 Å². The third kappa shape index (κ3) is 3.78. The van der Waals surface area contributed by atoms with Gasteiger partial charge >= 0.3 is 0 Å². The summed E-state index contributed by atoms with van der Waals surface area (Å²) in [4.78, 5) is 7.67. The van der Waals surface area contributed by atoms with Crippen LogP contribution in [0.3, 0.4) is 0 Å². The third-order valence-corrected chi connectivity index (χ3v) is 8.92. The lowest BCUT2D eigenvalue weighted by atomic mass is 9.89. The molecule has 7 rings (SSSR count). The monoisotopic (exact) mass is 560 g/mol. The number of nitrogens with one attached hydrogen (secondary N) is 2. The Kier molecular flexibility index (Phi) is 5.96. The third-order valence-electron chi connectivity index (χ3n) is 8.26. The second-order valence-electron chi connectivity index (χ2n) is 11.4. The van der Waals surface area contributed by atoms with Crippen LogP contribution in [0.1, 0.15) is 50.7 Å². The Balaban J connectivity index is 1.80. The molecule has 0 fully saturated rings. The Morgan fingerprint density at radius 1 is 0.525 bits per heavy atom. The normalized spacial score (nSPS) is 12.2. The van der Waals surface area contributed by atoms with Crippen LogP contribution >= 0.6 is 23.2 Å². The van der Waals surface area contributed by atoms with Crippen LogP contribution in [-0.2, 0) is 0 Å². The molecule has 2 N–H and O–H groups in total. The maximum atomic E-state index is 6.96. The molecule has 0 aliphatic carbocycles. The van der Waals surface area contributed by atoms with Crippen molar-refractivity contribution in [3.05, 3.63) is 106 Å². The highest BCUT2D eigenvalue weighted by molar-refractivity contribution is 6.39. The van der Waals surface area contributed by atoms with Gasteiger partial charge in [0.1, 0.15) is 0 Å². The van der Waals surface area contributed by atoms with Crippen LogP contribution < -0.4 is 0 Å². The van der Waals surface area contributed by atoms with Gasteiger partial charge in [-0.3, -0.25) is 0 Å². The molecule has 0 spiro atoms. The summed E-state index contributed by atoms with van der Waals surface area (Å²) in [5.74, 6) is 0.819. The van der Waals surface area contributed by atoms with E-state index in [4.69, 9.17) is 23.2 Å². The minimum absolute atomic E-state index is 0.410. The molecule has 0 aliphatic heterocycles. The van der Waals surface area contributed by atoms with Gasteiger partial charge in [-0.05, 0) is 59.4 Å². The fourth-order valence-electron chi connectivity index (χ4n) is 6.15. The summed E-state index contributed by atoms with van der Waals surface area (Å²) in [6.07, 6.45) is 0. The quantitative estimate of drug-likeness (QED) is 0.214. The summed E-state index contributed by atoms with van der Waals surface area (Å²) < 4.78 is 0. The van der Waals surface area contributed by atoms with E-state index in [1.807, 2.05) is 24.3 Å². The van der Waals surface area contributed by atoms with E-state index < -0.39 is 0 Å². The number of halogens is 2. The van der Waals surface area contributed by atoms with Gasteiger partial charge in [-0.15, -0.1) is 0 Å². The van der Waals surface area contributed by atoms with Crippen LogP contribution in [0.25, 0.3) is 65.9 Å². The Labute approximate surface area is 243 Å². The second-order valence-corrected chi connectivity index (χ2v) is 12.2. The molecule has 198 valence electrons. The molecule has 0 saturated heterocycles. The average molecular weight is 562 g/mol. The molecule has 0 atom stereocenters. The molecule has 0 saturated carbocycles. The number of fused-ring (bicyclic) bond motifs is 6. The Bertz CT molecular complexity index is 1940. The van der Waals surface area contributed by atoms with Crippen molar-refractivity contribution < 1.29 is 0 Å². The first-order valence-electron chi connectivity index (χ1n) is 13.9. The number of H-pyrrole nitrogens is 2. The standard InChI is InChI=1S/C36H30Cl2N2/c1-19(2)21-13-15-29-25(17-21)33-31(23-9-5-7-11-27(23)37)36-34(26-18-22(20(3)4)14-16-30(26)40-36)32(35(33)39-29)24-10-6-8-12-28(24)38/h5-20,39-40H,1-4H3. The lowest BCUT2D eigenvalue weighted by Gasteiger charge is -2.15. The minimum Gasteiger partial charge on any atom is -0.354 e. The van der Waals surface area contributed by atoms with Crippen LogP contribution in [-0.4, -0.2) is 9.97 Å². The van der Waals surface area contributed by atoms with Crippen molar-refractivity contribution >= 4 is 66.8 Å². The molecule has 2 nitrogen and oxygen atoms in total. The van der Waals surface area contributed by atoms with Crippen LogP contribution in [0.5, 0.6) is 0 Å². The lowest BCUT2D eigenvalue weighted by molar-refractivity contribution is 0.869. The number of hydrogen-bond acceptors (Lipinski definition) is 0. The van der Waals surface area contributed by atoms with Crippen molar-refractivity contribution in [2.45, 2.75) is 39.5 Å². The van der Waals surface area contributed by atoms with Crippen molar-refractivity contribution in [1.29, 1.82) is 0 Å². The van der Waals surface area contributed by atoms with Gasteiger partial charge in [0.05, 0.1) is 11.0 Å². The summed E-state index contributed by atoms with van der Waals surface area (Å²) in [6.45, 7) is 8.95. The van der Waals surface area contributed by atoms with Gasteiger partial charge in [-0.2, -0.15) is 0 Å².